The van der Waals surface area contributed by atoms with Crippen molar-refractivity contribution in [3.8, 4) is 39.4 Å². The summed E-state index contributed by atoms with van der Waals surface area (Å²) in [7, 11) is 0. The molecular weight excluding hydrogens is 588 g/mol. The first-order chi connectivity index (χ1) is 23.7. The van der Waals surface area contributed by atoms with Crippen LogP contribution in [0.15, 0.2) is 154 Å². The van der Waals surface area contributed by atoms with Crippen LogP contribution >= 0.6 is 0 Å². The van der Waals surface area contributed by atoms with E-state index in [0.29, 0.717) is 16.7 Å². The van der Waals surface area contributed by atoms with Crippen molar-refractivity contribution in [1.29, 1.82) is 5.26 Å². The van der Waals surface area contributed by atoms with Crippen molar-refractivity contribution in [3.05, 3.63) is 151 Å². The molecule has 0 bridgehead atoms. The first-order valence-corrected chi connectivity index (χ1v) is 15.9. The highest BCUT2D eigenvalue weighted by Crippen LogP contribution is 2.45. The van der Waals surface area contributed by atoms with E-state index in [1.54, 1.807) is 0 Å². The molecular formula is C44H24N2O2. The van der Waals surface area contributed by atoms with Gasteiger partial charge in [-0.3, -0.25) is 0 Å². The number of hydrogen-bond donors (Lipinski definition) is 0. The number of para-hydroxylation sites is 2. The summed E-state index contributed by atoms with van der Waals surface area (Å²) in [4.78, 5) is 5.18. The van der Waals surface area contributed by atoms with Crippen molar-refractivity contribution >= 4 is 65.7 Å². The second kappa shape index (κ2) is 10.2. The van der Waals surface area contributed by atoms with Crippen molar-refractivity contribution in [2.45, 2.75) is 0 Å². The van der Waals surface area contributed by atoms with E-state index >= 15 is 0 Å². The van der Waals surface area contributed by atoms with Crippen LogP contribution in [0, 0.1) is 11.3 Å². The summed E-state index contributed by atoms with van der Waals surface area (Å²) in [5, 5.41) is 16.5. The van der Waals surface area contributed by atoms with Crippen molar-refractivity contribution in [2.24, 2.45) is 0 Å². The third kappa shape index (κ3) is 3.92. The first-order valence-electron chi connectivity index (χ1n) is 15.9. The van der Waals surface area contributed by atoms with Gasteiger partial charge in [0.15, 0.2) is 11.2 Å². The third-order valence-corrected chi connectivity index (χ3v) is 9.44. The summed E-state index contributed by atoms with van der Waals surface area (Å²) in [5.74, 6) is 0. The van der Waals surface area contributed by atoms with Gasteiger partial charge in [-0.15, -0.1) is 0 Å². The summed E-state index contributed by atoms with van der Waals surface area (Å²) in [6.45, 7) is 0. The highest BCUT2D eigenvalue weighted by Gasteiger charge is 2.23. The molecule has 0 aliphatic carbocycles. The third-order valence-electron chi connectivity index (χ3n) is 9.44. The minimum Gasteiger partial charge on any atom is -0.454 e. The van der Waals surface area contributed by atoms with E-state index in [2.05, 4.69) is 97.1 Å². The number of nitrogens with zero attached hydrogens (tertiary/aromatic N) is 2. The monoisotopic (exact) mass is 612 g/mol. The summed E-state index contributed by atoms with van der Waals surface area (Å²) in [6.07, 6.45) is 0. The molecule has 10 aromatic rings. The minimum absolute atomic E-state index is 0.610. The standard InChI is InChI=1S/C44H24N2O2/c45-25-26-10-9-12-27(20-26)29-21-30(37-24-28-11-1-2-13-32(28)33-14-3-4-15-34(33)37)23-31(22-29)40-43-41(35-16-5-7-18-38(35)47-43)46-42-36-17-6-8-19-39(36)48-44(40)42/h1-24H. The van der Waals surface area contributed by atoms with E-state index in [9.17, 15) is 5.26 Å². The summed E-state index contributed by atoms with van der Waals surface area (Å²) in [6, 6.07) is 52.2. The van der Waals surface area contributed by atoms with Gasteiger partial charge in [0, 0.05) is 10.8 Å². The van der Waals surface area contributed by atoms with Crippen LogP contribution in [0.2, 0.25) is 0 Å². The predicted molar refractivity (Wildman–Crippen MR) is 195 cm³/mol. The van der Waals surface area contributed by atoms with E-state index < -0.39 is 0 Å². The predicted octanol–water partition coefficient (Wildman–Crippen LogP) is 12.1. The van der Waals surface area contributed by atoms with Gasteiger partial charge in [-0.05, 0) is 110 Å². The number of fused-ring (bicyclic) bond motifs is 9. The lowest BCUT2D eigenvalue weighted by molar-refractivity contribution is 0.657. The molecule has 7 aromatic carbocycles. The molecule has 0 radical (unpaired) electrons. The fourth-order valence-corrected chi connectivity index (χ4v) is 7.26. The van der Waals surface area contributed by atoms with E-state index in [4.69, 9.17) is 13.8 Å². The van der Waals surface area contributed by atoms with Gasteiger partial charge in [0.25, 0.3) is 0 Å². The average Bonchev–Trinajstić information content (AvgIpc) is 3.71. The Morgan fingerprint density at radius 1 is 0.458 bits per heavy atom. The minimum atomic E-state index is 0.610. The van der Waals surface area contributed by atoms with Crippen LogP contribution in [0.4, 0.5) is 0 Å². The van der Waals surface area contributed by atoms with Gasteiger partial charge >= 0.3 is 0 Å². The van der Waals surface area contributed by atoms with E-state index in [1.165, 1.54) is 21.5 Å². The quantitative estimate of drug-likeness (QED) is 0.186. The van der Waals surface area contributed by atoms with Gasteiger partial charge in [0.1, 0.15) is 22.2 Å². The number of aromatic nitrogens is 1. The zero-order chi connectivity index (χ0) is 31.8. The molecule has 4 heteroatoms. The molecule has 222 valence electrons. The lowest BCUT2D eigenvalue weighted by Crippen LogP contribution is -1.90. The van der Waals surface area contributed by atoms with Crippen LogP contribution in [-0.2, 0) is 0 Å². The van der Waals surface area contributed by atoms with Crippen LogP contribution in [0.3, 0.4) is 0 Å². The largest absolute Gasteiger partial charge is 0.454 e. The second-order valence-electron chi connectivity index (χ2n) is 12.2. The van der Waals surface area contributed by atoms with Gasteiger partial charge in [0.2, 0.25) is 0 Å². The van der Waals surface area contributed by atoms with Gasteiger partial charge in [0.05, 0.1) is 17.2 Å². The lowest BCUT2D eigenvalue weighted by Gasteiger charge is -2.15. The maximum atomic E-state index is 9.79. The fourth-order valence-electron chi connectivity index (χ4n) is 7.26. The molecule has 4 nitrogen and oxygen atoms in total. The Morgan fingerprint density at radius 3 is 1.75 bits per heavy atom. The molecule has 0 saturated carbocycles. The summed E-state index contributed by atoms with van der Waals surface area (Å²) < 4.78 is 13.3. The molecule has 3 heterocycles. The highest BCUT2D eigenvalue weighted by atomic mass is 16.3. The number of nitriles is 1. The fraction of sp³-hybridized carbons (Fsp3) is 0. The lowest BCUT2D eigenvalue weighted by atomic mass is 9.89. The zero-order valence-corrected chi connectivity index (χ0v) is 25.6. The zero-order valence-electron chi connectivity index (χ0n) is 25.6. The molecule has 3 aromatic heterocycles. The Labute approximate surface area is 274 Å². The molecule has 0 unspecified atom stereocenters. The summed E-state index contributed by atoms with van der Waals surface area (Å²) in [5.41, 5.74) is 11.0. The molecule has 0 spiro atoms. The van der Waals surface area contributed by atoms with Crippen molar-refractivity contribution in [1.82, 2.24) is 4.98 Å². The SMILES string of the molecule is N#Cc1cccc(-c2cc(-c3cc4ccccc4c4ccccc34)cc(-c3c4oc5ccccc5c4nc4c3oc3ccccc34)c2)c1. The van der Waals surface area contributed by atoms with Crippen molar-refractivity contribution in [3.63, 3.8) is 0 Å². The molecule has 0 atom stereocenters. The molecule has 0 amide bonds. The topological polar surface area (TPSA) is 63.0 Å². The van der Waals surface area contributed by atoms with Crippen LogP contribution in [0.25, 0.3) is 99.1 Å². The van der Waals surface area contributed by atoms with Gasteiger partial charge in [-0.2, -0.15) is 5.26 Å². The maximum absolute atomic E-state index is 9.79. The Bertz CT molecular complexity index is 2890. The highest BCUT2D eigenvalue weighted by molar-refractivity contribution is 6.19. The Balaban J connectivity index is 1.36. The molecule has 10 rings (SSSR count). The number of benzene rings is 7. The van der Waals surface area contributed by atoms with Crippen LogP contribution in [0.5, 0.6) is 0 Å². The average molecular weight is 613 g/mol. The van der Waals surface area contributed by atoms with Crippen molar-refractivity contribution in [2.75, 3.05) is 0 Å². The van der Waals surface area contributed by atoms with Crippen LogP contribution in [0.1, 0.15) is 5.56 Å². The molecule has 0 N–H and O–H groups in total. The first kappa shape index (κ1) is 26.5. The van der Waals surface area contributed by atoms with Gasteiger partial charge in [-0.1, -0.05) is 84.9 Å². The Kier molecular flexibility index (Phi) is 5.61. The Hall–Kier alpha value is -6.70. The molecule has 0 fully saturated rings. The summed E-state index contributed by atoms with van der Waals surface area (Å²) >= 11 is 0. The number of pyridine rings is 1. The number of rotatable bonds is 3. The van der Waals surface area contributed by atoms with Gasteiger partial charge < -0.3 is 8.83 Å². The smallest absolute Gasteiger partial charge is 0.165 e. The molecule has 0 aliphatic heterocycles. The molecule has 0 saturated heterocycles. The Morgan fingerprint density at radius 2 is 1.04 bits per heavy atom. The second-order valence-corrected chi connectivity index (χ2v) is 12.2. The van der Waals surface area contributed by atoms with E-state index in [-0.39, 0.29) is 0 Å². The molecule has 48 heavy (non-hydrogen) atoms. The normalized spacial score (nSPS) is 11.7. The van der Waals surface area contributed by atoms with Crippen LogP contribution < -0.4 is 0 Å². The molecule has 0 aliphatic rings. The van der Waals surface area contributed by atoms with Crippen LogP contribution in [-0.4, -0.2) is 4.98 Å². The van der Waals surface area contributed by atoms with E-state index in [1.807, 2.05) is 54.6 Å². The van der Waals surface area contributed by atoms with Gasteiger partial charge in [-0.25, -0.2) is 4.98 Å². The number of furan rings is 2. The number of hydrogen-bond acceptors (Lipinski definition) is 4. The maximum Gasteiger partial charge on any atom is 0.165 e. The van der Waals surface area contributed by atoms with Crippen molar-refractivity contribution < 1.29 is 8.83 Å². The van der Waals surface area contributed by atoms with E-state index in [0.717, 1.165) is 66.4 Å².